The Morgan fingerprint density at radius 1 is 0.963 bits per heavy atom. The first-order chi connectivity index (χ1) is 13.1. The lowest BCUT2D eigenvalue weighted by molar-refractivity contribution is -0.134. The largest absolute Gasteiger partial charge is 0.369 e. The monoisotopic (exact) mass is 370 g/mol. The predicted octanol–water partition coefficient (Wildman–Crippen LogP) is 2.12. The van der Waals surface area contributed by atoms with Crippen LogP contribution in [0.15, 0.2) is 18.2 Å². The van der Waals surface area contributed by atoms with Crippen LogP contribution in [0.5, 0.6) is 0 Å². The maximum absolute atomic E-state index is 12.7. The van der Waals surface area contributed by atoms with Gasteiger partial charge in [-0.05, 0) is 43.9 Å². The Morgan fingerprint density at radius 3 is 2.30 bits per heavy atom. The van der Waals surface area contributed by atoms with Gasteiger partial charge in [0.25, 0.3) is 0 Å². The van der Waals surface area contributed by atoms with E-state index >= 15 is 0 Å². The topological polar surface area (TPSA) is 30.0 Å². The summed E-state index contributed by atoms with van der Waals surface area (Å²) in [6.45, 7) is 12.9. The van der Waals surface area contributed by atoms with Crippen molar-refractivity contribution in [3.63, 3.8) is 0 Å². The van der Waals surface area contributed by atoms with Gasteiger partial charge < -0.3 is 9.80 Å². The van der Waals surface area contributed by atoms with Crippen LogP contribution in [0.25, 0.3) is 0 Å². The van der Waals surface area contributed by atoms with Gasteiger partial charge in [-0.15, -0.1) is 0 Å². The van der Waals surface area contributed by atoms with Gasteiger partial charge in [0, 0.05) is 64.1 Å². The fourth-order valence-electron chi connectivity index (χ4n) is 4.60. The van der Waals surface area contributed by atoms with Gasteiger partial charge in [-0.3, -0.25) is 14.6 Å². The van der Waals surface area contributed by atoms with E-state index in [-0.39, 0.29) is 0 Å². The number of aryl methyl sites for hydroxylation is 1. The van der Waals surface area contributed by atoms with Gasteiger partial charge >= 0.3 is 0 Å². The third kappa shape index (κ3) is 4.14. The third-order valence-corrected chi connectivity index (χ3v) is 6.91. The molecule has 1 aromatic rings. The van der Waals surface area contributed by atoms with E-state index in [1.807, 2.05) is 0 Å². The molecule has 1 amide bonds. The number of hydrogen-bond acceptors (Lipinski definition) is 4. The molecule has 5 nitrogen and oxygen atoms in total. The standard InChI is InChI=1S/C22H34N4O/c1-18-5-3-8-21(19(18)2)25-11-9-23(10-12-25)17-22(27)26-15-13-24(14-16-26)20-6-4-7-20/h3,5,8,20H,4,6-7,9-17H2,1-2H3. The lowest BCUT2D eigenvalue weighted by Crippen LogP contribution is -2.56. The maximum Gasteiger partial charge on any atom is 0.236 e. The second kappa shape index (κ2) is 8.19. The predicted molar refractivity (Wildman–Crippen MR) is 110 cm³/mol. The average molecular weight is 371 g/mol. The van der Waals surface area contributed by atoms with Crippen LogP contribution in [-0.4, -0.2) is 85.6 Å². The van der Waals surface area contributed by atoms with Gasteiger partial charge in [0.15, 0.2) is 0 Å². The second-order valence-corrected chi connectivity index (χ2v) is 8.48. The molecule has 0 aromatic heterocycles. The summed E-state index contributed by atoms with van der Waals surface area (Å²) in [4.78, 5) is 22.2. The van der Waals surface area contributed by atoms with E-state index < -0.39 is 0 Å². The van der Waals surface area contributed by atoms with Crippen molar-refractivity contribution in [3.8, 4) is 0 Å². The Kier molecular flexibility index (Phi) is 5.69. The summed E-state index contributed by atoms with van der Waals surface area (Å²) in [6, 6.07) is 7.36. The van der Waals surface area contributed by atoms with Crippen LogP contribution in [0.1, 0.15) is 30.4 Å². The number of rotatable bonds is 4. The summed E-state index contributed by atoms with van der Waals surface area (Å²) in [6.07, 6.45) is 4.11. The Balaban J connectivity index is 1.23. The second-order valence-electron chi connectivity index (χ2n) is 8.48. The molecule has 4 rings (SSSR count). The summed E-state index contributed by atoms with van der Waals surface area (Å²) in [5.41, 5.74) is 4.09. The van der Waals surface area contributed by atoms with Gasteiger partial charge in [-0.2, -0.15) is 0 Å². The van der Waals surface area contributed by atoms with Gasteiger partial charge in [-0.25, -0.2) is 0 Å². The minimum absolute atomic E-state index is 0.323. The Labute approximate surface area is 163 Å². The van der Waals surface area contributed by atoms with Crippen molar-refractivity contribution in [1.82, 2.24) is 14.7 Å². The maximum atomic E-state index is 12.7. The highest BCUT2D eigenvalue weighted by atomic mass is 16.2. The number of carbonyl (C=O) groups excluding carboxylic acids is 1. The van der Waals surface area contributed by atoms with Crippen LogP contribution in [0, 0.1) is 13.8 Å². The number of carbonyl (C=O) groups is 1. The smallest absolute Gasteiger partial charge is 0.236 e. The molecule has 3 fully saturated rings. The van der Waals surface area contributed by atoms with E-state index in [1.165, 1.54) is 36.1 Å². The molecule has 2 saturated heterocycles. The highest BCUT2D eigenvalue weighted by Crippen LogP contribution is 2.26. The summed E-state index contributed by atoms with van der Waals surface area (Å²) >= 11 is 0. The van der Waals surface area contributed by atoms with Gasteiger partial charge in [0.2, 0.25) is 5.91 Å². The molecule has 0 spiro atoms. The lowest BCUT2D eigenvalue weighted by Gasteiger charge is -2.43. The Morgan fingerprint density at radius 2 is 1.67 bits per heavy atom. The Bertz CT molecular complexity index is 656. The first kappa shape index (κ1) is 18.8. The first-order valence-corrected chi connectivity index (χ1v) is 10.7. The van der Waals surface area contributed by atoms with Crippen molar-refractivity contribution in [2.24, 2.45) is 0 Å². The number of benzene rings is 1. The molecular weight excluding hydrogens is 336 g/mol. The molecular formula is C22H34N4O. The number of amides is 1. The van der Waals surface area contributed by atoms with Crippen LogP contribution in [0.4, 0.5) is 5.69 Å². The average Bonchev–Trinajstić information content (AvgIpc) is 2.64. The van der Waals surface area contributed by atoms with Gasteiger partial charge in [-0.1, -0.05) is 18.6 Å². The fourth-order valence-corrected chi connectivity index (χ4v) is 4.60. The third-order valence-electron chi connectivity index (χ3n) is 6.91. The van der Waals surface area contributed by atoms with E-state index in [4.69, 9.17) is 0 Å². The molecule has 0 N–H and O–H groups in total. The molecule has 0 atom stereocenters. The van der Waals surface area contributed by atoms with Gasteiger partial charge in [0.1, 0.15) is 0 Å². The molecule has 5 heteroatoms. The zero-order chi connectivity index (χ0) is 18.8. The number of hydrogen-bond donors (Lipinski definition) is 0. The van der Waals surface area contributed by atoms with Crippen LogP contribution in [0.2, 0.25) is 0 Å². The van der Waals surface area contributed by atoms with Gasteiger partial charge in [0.05, 0.1) is 6.54 Å². The summed E-state index contributed by atoms with van der Waals surface area (Å²) < 4.78 is 0. The summed E-state index contributed by atoms with van der Waals surface area (Å²) in [5, 5.41) is 0. The number of anilines is 1. The number of nitrogens with zero attached hydrogens (tertiary/aromatic N) is 4. The van der Waals surface area contributed by atoms with Crippen LogP contribution in [0.3, 0.4) is 0 Å². The van der Waals surface area contributed by atoms with Crippen molar-refractivity contribution < 1.29 is 4.79 Å². The quantitative estimate of drug-likeness (QED) is 0.812. The number of piperazine rings is 2. The van der Waals surface area contributed by atoms with E-state index in [2.05, 4.69) is 51.6 Å². The van der Waals surface area contributed by atoms with Crippen LogP contribution >= 0.6 is 0 Å². The Hall–Kier alpha value is -1.59. The molecule has 0 radical (unpaired) electrons. The van der Waals surface area contributed by atoms with E-state index in [0.29, 0.717) is 12.5 Å². The summed E-state index contributed by atoms with van der Waals surface area (Å²) in [5.74, 6) is 0.323. The molecule has 1 saturated carbocycles. The van der Waals surface area contributed by atoms with Crippen LogP contribution in [-0.2, 0) is 4.79 Å². The molecule has 27 heavy (non-hydrogen) atoms. The summed E-state index contributed by atoms with van der Waals surface area (Å²) in [7, 11) is 0. The normalized spacial score (nSPS) is 22.7. The molecule has 3 aliphatic rings. The van der Waals surface area contributed by atoms with E-state index in [1.54, 1.807) is 0 Å². The molecule has 2 heterocycles. The van der Waals surface area contributed by atoms with E-state index in [0.717, 1.165) is 58.4 Å². The molecule has 148 valence electrons. The molecule has 1 aliphatic carbocycles. The SMILES string of the molecule is Cc1cccc(N2CCN(CC(=O)N3CCN(C4CCC4)CC3)CC2)c1C. The molecule has 0 unspecified atom stereocenters. The minimum Gasteiger partial charge on any atom is -0.369 e. The van der Waals surface area contributed by atoms with Crippen molar-refractivity contribution in [2.45, 2.75) is 39.2 Å². The van der Waals surface area contributed by atoms with Crippen molar-refractivity contribution in [2.75, 3.05) is 63.8 Å². The zero-order valence-corrected chi connectivity index (χ0v) is 17.0. The van der Waals surface area contributed by atoms with Crippen molar-refractivity contribution in [3.05, 3.63) is 29.3 Å². The zero-order valence-electron chi connectivity index (χ0n) is 17.0. The molecule has 1 aromatic carbocycles. The van der Waals surface area contributed by atoms with Crippen LogP contribution < -0.4 is 4.90 Å². The van der Waals surface area contributed by atoms with Crippen molar-refractivity contribution >= 4 is 11.6 Å². The minimum atomic E-state index is 0.323. The highest BCUT2D eigenvalue weighted by Gasteiger charge is 2.30. The fraction of sp³-hybridized carbons (Fsp3) is 0.682. The van der Waals surface area contributed by atoms with E-state index in [9.17, 15) is 4.79 Å². The molecule has 0 bridgehead atoms. The van der Waals surface area contributed by atoms with Crippen molar-refractivity contribution in [1.29, 1.82) is 0 Å². The highest BCUT2D eigenvalue weighted by molar-refractivity contribution is 5.78. The lowest BCUT2D eigenvalue weighted by atomic mass is 9.91. The first-order valence-electron chi connectivity index (χ1n) is 10.7. The molecule has 2 aliphatic heterocycles.